The van der Waals surface area contributed by atoms with Crippen molar-refractivity contribution in [1.29, 1.82) is 0 Å². The topological polar surface area (TPSA) is 61.8 Å². The zero-order valence-corrected chi connectivity index (χ0v) is 7.82. The molecule has 1 aromatic rings. The standard InChI is InChI=1S/C7H10N2O3S/c1-9(8-12-13(10)11)7-5-3-2-4-6-7/h2-6,8H,1H3,(H,10,11). The lowest BCUT2D eigenvalue weighted by molar-refractivity contribution is 0.193. The van der Waals surface area contributed by atoms with E-state index in [1.807, 2.05) is 30.3 Å². The Morgan fingerprint density at radius 2 is 2.08 bits per heavy atom. The molecule has 0 radical (unpaired) electrons. The highest BCUT2D eigenvalue weighted by Crippen LogP contribution is 2.07. The van der Waals surface area contributed by atoms with Gasteiger partial charge in [-0.25, -0.2) is 0 Å². The Kier molecular flexibility index (Phi) is 3.84. The Labute approximate surface area is 78.7 Å². The molecule has 0 aliphatic carbocycles. The van der Waals surface area contributed by atoms with Crippen LogP contribution in [0.1, 0.15) is 0 Å². The van der Waals surface area contributed by atoms with Gasteiger partial charge in [0.25, 0.3) is 0 Å². The molecular formula is C7H10N2O3S. The largest absolute Gasteiger partial charge is 0.321 e. The van der Waals surface area contributed by atoms with E-state index in [1.54, 1.807) is 7.05 Å². The summed E-state index contributed by atoms with van der Waals surface area (Å²) in [5, 5.41) is 1.48. The fourth-order valence-corrected chi connectivity index (χ4v) is 0.968. The van der Waals surface area contributed by atoms with Crippen LogP contribution < -0.4 is 10.6 Å². The number of hydrogen-bond donors (Lipinski definition) is 2. The number of para-hydroxylation sites is 1. The summed E-state index contributed by atoms with van der Waals surface area (Å²) in [6.45, 7) is 0. The lowest BCUT2D eigenvalue weighted by Crippen LogP contribution is -2.34. The van der Waals surface area contributed by atoms with Gasteiger partial charge in [-0.15, -0.1) is 0 Å². The molecule has 72 valence electrons. The Bertz CT molecular complexity index is 280. The van der Waals surface area contributed by atoms with Crippen molar-refractivity contribution in [3.63, 3.8) is 0 Å². The summed E-state index contributed by atoms with van der Waals surface area (Å²) < 4.78 is 22.7. The third kappa shape index (κ3) is 3.51. The van der Waals surface area contributed by atoms with E-state index in [0.717, 1.165) is 5.69 Å². The fraction of sp³-hybridized carbons (Fsp3) is 0.143. The number of anilines is 1. The quantitative estimate of drug-likeness (QED) is 0.555. The zero-order chi connectivity index (χ0) is 9.68. The van der Waals surface area contributed by atoms with Crippen LogP contribution in [-0.4, -0.2) is 15.8 Å². The lowest BCUT2D eigenvalue weighted by atomic mass is 10.3. The molecule has 2 N–H and O–H groups in total. The molecule has 0 fully saturated rings. The second kappa shape index (κ2) is 4.93. The summed E-state index contributed by atoms with van der Waals surface area (Å²) in [4.78, 5) is 0. The van der Waals surface area contributed by atoms with Crippen LogP contribution in [-0.2, 0) is 15.6 Å². The predicted molar refractivity (Wildman–Crippen MR) is 49.8 cm³/mol. The number of benzene rings is 1. The summed E-state index contributed by atoms with van der Waals surface area (Å²) in [5.41, 5.74) is 3.11. The minimum absolute atomic E-state index is 0.827. The predicted octanol–water partition coefficient (Wildman–Crippen LogP) is 0.696. The molecule has 0 amide bonds. The highest BCUT2D eigenvalue weighted by molar-refractivity contribution is 7.74. The van der Waals surface area contributed by atoms with Crippen molar-refractivity contribution < 1.29 is 13.0 Å². The molecular weight excluding hydrogens is 192 g/mol. The average Bonchev–Trinajstić information content (AvgIpc) is 2.15. The molecule has 0 saturated carbocycles. The van der Waals surface area contributed by atoms with Crippen molar-refractivity contribution in [2.45, 2.75) is 0 Å². The number of hydrogen-bond acceptors (Lipinski definition) is 4. The Hall–Kier alpha value is -0.950. The van der Waals surface area contributed by atoms with E-state index in [0.29, 0.717) is 0 Å². The molecule has 0 spiro atoms. The first kappa shape index (κ1) is 10.1. The first-order valence-corrected chi connectivity index (χ1v) is 4.56. The molecule has 6 heteroatoms. The molecule has 0 aromatic heterocycles. The number of hydrazine groups is 1. The van der Waals surface area contributed by atoms with Gasteiger partial charge in [-0.2, -0.15) is 8.49 Å². The van der Waals surface area contributed by atoms with E-state index in [9.17, 15) is 4.21 Å². The van der Waals surface area contributed by atoms with Crippen LogP contribution in [0.5, 0.6) is 0 Å². The molecule has 1 atom stereocenters. The molecule has 5 nitrogen and oxygen atoms in total. The summed E-state index contributed by atoms with van der Waals surface area (Å²) >= 11 is -2.31. The van der Waals surface area contributed by atoms with Gasteiger partial charge >= 0.3 is 11.4 Å². The van der Waals surface area contributed by atoms with Gasteiger partial charge in [0, 0.05) is 7.05 Å². The summed E-state index contributed by atoms with van der Waals surface area (Å²) in [5.74, 6) is 0. The van der Waals surface area contributed by atoms with Crippen LogP contribution >= 0.6 is 0 Å². The van der Waals surface area contributed by atoms with Gasteiger partial charge in [-0.1, -0.05) is 23.8 Å². The second-order valence-corrected chi connectivity index (χ2v) is 2.89. The maximum Gasteiger partial charge on any atom is 0.321 e. The Morgan fingerprint density at radius 3 is 2.62 bits per heavy atom. The molecule has 13 heavy (non-hydrogen) atoms. The highest BCUT2D eigenvalue weighted by atomic mass is 32.2. The van der Waals surface area contributed by atoms with Gasteiger partial charge < -0.3 is 0 Å². The molecule has 0 saturated heterocycles. The monoisotopic (exact) mass is 202 g/mol. The van der Waals surface area contributed by atoms with E-state index < -0.39 is 11.4 Å². The first-order chi connectivity index (χ1) is 6.20. The minimum atomic E-state index is -2.31. The van der Waals surface area contributed by atoms with Crippen molar-refractivity contribution in [3.8, 4) is 0 Å². The molecule has 1 aromatic carbocycles. The van der Waals surface area contributed by atoms with Crippen molar-refractivity contribution >= 4 is 17.0 Å². The normalized spacial score (nSPS) is 12.5. The van der Waals surface area contributed by atoms with Crippen molar-refractivity contribution in [2.75, 3.05) is 12.1 Å². The maximum atomic E-state index is 10.1. The van der Waals surface area contributed by atoms with Crippen molar-refractivity contribution in [1.82, 2.24) is 5.59 Å². The van der Waals surface area contributed by atoms with Gasteiger partial charge in [0.05, 0.1) is 5.69 Å². The van der Waals surface area contributed by atoms with E-state index in [1.165, 1.54) is 5.01 Å². The Morgan fingerprint density at radius 1 is 1.46 bits per heavy atom. The van der Waals surface area contributed by atoms with Gasteiger partial charge in [-0.05, 0) is 12.1 Å². The minimum Gasteiger partial charge on any atom is -0.288 e. The number of rotatable bonds is 4. The SMILES string of the molecule is CN(NOS(=O)O)c1ccccc1. The van der Waals surface area contributed by atoms with Crippen LogP contribution in [0.2, 0.25) is 0 Å². The van der Waals surface area contributed by atoms with Gasteiger partial charge in [0.1, 0.15) is 0 Å². The zero-order valence-electron chi connectivity index (χ0n) is 7.01. The van der Waals surface area contributed by atoms with Gasteiger partial charge in [-0.3, -0.25) is 9.56 Å². The second-order valence-electron chi connectivity index (χ2n) is 2.29. The van der Waals surface area contributed by atoms with Gasteiger partial charge in [0.2, 0.25) is 0 Å². The van der Waals surface area contributed by atoms with Crippen LogP contribution in [0.3, 0.4) is 0 Å². The van der Waals surface area contributed by atoms with Crippen molar-refractivity contribution in [3.05, 3.63) is 30.3 Å². The maximum absolute atomic E-state index is 10.1. The summed E-state index contributed by atoms with van der Waals surface area (Å²) in [6.07, 6.45) is 0. The van der Waals surface area contributed by atoms with Crippen molar-refractivity contribution in [2.24, 2.45) is 0 Å². The Balaban J connectivity index is 2.49. The third-order valence-corrected chi connectivity index (χ3v) is 1.61. The third-order valence-electron chi connectivity index (χ3n) is 1.39. The highest BCUT2D eigenvalue weighted by Gasteiger charge is 1.99. The number of nitrogens with one attached hydrogen (secondary N) is 1. The smallest absolute Gasteiger partial charge is 0.288 e. The molecule has 0 aliphatic heterocycles. The van der Waals surface area contributed by atoms with Crippen LogP contribution in [0.4, 0.5) is 5.69 Å². The molecule has 0 aliphatic rings. The van der Waals surface area contributed by atoms with Crippen LogP contribution in [0, 0.1) is 0 Å². The van der Waals surface area contributed by atoms with Crippen LogP contribution in [0.15, 0.2) is 30.3 Å². The van der Waals surface area contributed by atoms with E-state index in [-0.39, 0.29) is 0 Å². The molecule has 1 unspecified atom stereocenters. The molecule has 0 bridgehead atoms. The fourth-order valence-electron chi connectivity index (χ4n) is 0.792. The number of nitrogens with zero attached hydrogens (tertiary/aromatic N) is 1. The lowest BCUT2D eigenvalue weighted by Gasteiger charge is -2.17. The van der Waals surface area contributed by atoms with E-state index in [4.69, 9.17) is 4.55 Å². The first-order valence-electron chi connectivity index (χ1n) is 3.53. The molecule has 0 heterocycles. The van der Waals surface area contributed by atoms with E-state index >= 15 is 0 Å². The summed E-state index contributed by atoms with van der Waals surface area (Å²) in [7, 11) is 1.67. The van der Waals surface area contributed by atoms with Crippen LogP contribution in [0.25, 0.3) is 0 Å². The molecule has 1 rings (SSSR count). The van der Waals surface area contributed by atoms with E-state index in [2.05, 4.69) is 9.87 Å². The average molecular weight is 202 g/mol. The summed E-state index contributed by atoms with van der Waals surface area (Å²) in [6, 6.07) is 9.24. The van der Waals surface area contributed by atoms with Gasteiger partial charge in [0.15, 0.2) is 0 Å².